The van der Waals surface area contributed by atoms with E-state index in [0.29, 0.717) is 35.1 Å². The van der Waals surface area contributed by atoms with Crippen molar-refractivity contribution in [3.8, 4) is 5.75 Å². The second-order valence-electron chi connectivity index (χ2n) is 5.84. The van der Waals surface area contributed by atoms with Crippen molar-refractivity contribution in [3.05, 3.63) is 59.1 Å². The minimum Gasteiger partial charge on any atom is -0.497 e. The van der Waals surface area contributed by atoms with Crippen molar-refractivity contribution in [2.75, 3.05) is 25.1 Å². The maximum absolute atomic E-state index is 12.8. The van der Waals surface area contributed by atoms with Gasteiger partial charge in [-0.2, -0.15) is 0 Å². The molecule has 1 atom stereocenters. The van der Waals surface area contributed by atoms with Crippen LogP contribution < -0.4 is 9.64 Å². The van der Waals surface area contributed by atoms with Crippen LogP contribution >= 0.6 is 11.6 Å². The minimum absolute atomic E-state index is 0.138. The van der Waals surface area contributed by atoms with Gasteiger partial charge in [-0.3, -0.25) is 9.59 Å². The molecule has 1 fully saturated rings. The van der Waals surface area contributed by atoms with Gasteiger partial charge in [0.15, 0.2) is 0 Å². The summed E-state index contributed by atoms with van der Waals surface area (Å²) in [5.41, 5.74) is 1.21. The van der Waals surface area contributed by atoms with E-state index >= 15 is 0 Å². The zero-order valence-electron chi connectivity index (χ0n) is 14.1. The van der Waals surface area contributed by atoms with Gasteiger partial charge in [0.2, 0.25) is 5.91 Å². The lowest BCUT2D eigenvalue weighted by molar-refractivity contribution is -0.124. The second-order valence-corrected chi connectivity index (χ2v) is 6.25. The Kier molecular flexibility index (Phi) is 4.95. The molecule has 0 saturated carbocycles. The zero-order valence-corrected chi connectivity index (χ0v) is 14.9. The fourth-order valence-electron chi connectivity index (χ4n) is 2.96. The monoisotopic (exact) mass is 358 g/mol. The maximum atomic E-state index is 12.8. The molecule has 0 aromatic heterocycles. The molecule has 6 heteroatoms. The van der Waals surface area contributed by atoms with E-state index in [1.807, 2.05) is 18.2 Å². The van der Waals surface area contributed by atoms with E-state index in [0.717, 1.165) is 0 Å². The van der Waals surface area contributed by atoms with E-state index in [1.54, 1.807) is 54.2 Å². The average molecular weight is 359 g/mol. The number of hydrogen-bond donors (Lipinski definition) is 0. The molecule has 2 amide bonds. The Labute approximate surface area is 151 Å². The molecule has 130 valence electrons. The van der Waals surface area contributed by atoms with Crippen LogP contribution in [0.25, 0.3) is 0 Å². The molecule has 0 spiro atoms. The average Bonchev–Trinajstić information content (AvgIpc) is 2.64. The van der Waals surface area contributed by atoms with Gasteiger partial charge in [0.05, 0.1) is 17.8 Å². The van der Waals surface area contributed by atoms with E-state index in [4.69, 9.17) is 16.3 Å². The first-order valence-electron chi connectivity index (χ1n) is 8.04. The van der Waals surface area contributed by atoms with Gasteiger partial charge in [-0.15, -0.1) is 0 Å². The molecule has 1 unspecified atom stereocenters. The summed E-state index contributed by atoms with van der Waals surface area (Å²) in [6, 6.07) is 13.6. The number of halogens is 1. The molecule has 0 N–H and O–H groups in total. The minimum atomic E-state index is -0.556. The van der Waals surface area contributed by atoms with Crippen molar-refractivity contribution in [2.24, 2.45) is 0 Å². The molecular formula is C19H19ClN2O3. The van der Waals surface area contributed by atoms with Crippen LogP contribution in [0.5, 0.6) is 5.75 Å². The van der Waals surface area contributed by atoms with Crippen molar-refractivity contribution < 1.29 is 14.3 Å². The SMILES string of the molecule is COc1ccc(C(=O)N2CCN(c3ccccc3Cl)C(=O)C2C)cc1. The van der Waals surface area contributed by atoms with E-state index in [1.165, 1.54) is 0 Å². The van der Waals surface area contributed by atoms with Crippen molar-refractivity contribution in [2.45, 2.75) is 13.0 Å². The van der Waals surface area contributed by atoms with Gasteiger partial charge in [0, 0.05) is 18.7 Å². The summed E-state index contributed by atoms with van der Waals surface area (Å²) in [5.74, 6) is 0.382. The first-order chi connectivity index (χ1) is 12.0. The first-order valence-corrected chi connectivity index (χ1v) is 8.41. The van der Waals surface area contributed by atoms with E-state index < -0.39 is 6.04 Å². The van der Waals surface area contributed by atoms with Crippen molar-refractivity contribution in [1.29, 1.82) is 0 Å². The smallest absolute Gasteiger partial charge is 0.254 e. The Bertz CT molecular complexity index is 792. The Balaban J connectivity index is 1.79. The highest BCUT2D eigenvalue weighted by molar-refractivity contribution is 6.33. The molecule has 1 aliphatic heterocycles. The highest BCUT2D eigenvalue weighted by atomic mass is 35.5. The van der Waals surface area contributed by atoms with Crippen LogP contribution in [-0.2, 0) is 4.79 Å². The van der Waals surface area contributed by atoms with Crippen molar-refractivity contribution >= 4 is 29.1 Å². The van der Waals surface area contributed by atoms with Gasteiger partial charge in [0.1, 0.15) is 11.8 Å². The number of methoxy groups -OCH3 is 1. The van der Waals surface area contributed by atoms with Gasteiger partial charge >= 0.3 is 0 Å². The molecular weight excluding hydrogens is 340 g/mol. The number of nitrogens with zero attached hydrogens (tertiary/aromatic N) is 2. The Hall–Kier alpha value is -2.53. The van der Waals surface area contributed by atoms with Crippen LogP contribution in [-0.4, -0.2) is 43.0 Å². The number of amides is 2. The second kappa shape index (κ2) is 7.15. The molecule has 1 saturated heterocycles. The van der Waals surface area contributed by atoms with Crippen LogP contribution in [0.15, 0.2) is 48.5 Å². The van der Waals surface area contributed by atoms with Crippen LogP contribution in [0, 0.1) is 0 Å². The van der Waals surface area contributed by atoms with Crippen LogP contribution in [0.4, 0.5) is 5.69 Å². The quantitative estimate of drug-likeness (QED) is 0.846. The Morgan fingerprint density at radius 3 is 2.44 bits per heavy atom. The van der Waals surface area contributed by atoms with Gasteiger partial charge in [-0.05, 0) is 43.3 Å². The van der Waals surface area contributed by atoms with Crippen LogP contribution in [0.3, 0.4) is 0 Å². The lowest BCUT2D eigenvalue weighted by Gasteiger charge is -2.39. The summed E-state index contributed by atoms with van der Waals surface area (Å²) in [5, 5.41) is 0.526. The number of benzene rings is 2. The van der Waals surface area contributed by atoms with E-state index in [2.05, 4.69) is 0 Å². The van der Waals surface area contributed by atoms with E-state index in [9.17, 15) is 9.59 Å². The number of hydrogen-bond acceptors (Lipinski definition) is 3. The van der Waals surface area contributed by atoms with Crippen LogP contribution in [0.1, 0.15) is 17.3 Å². The lowest BCUT2D eigenvalue weighted by atomic mass is 10.1. The summed E-state index contributed by atoms with van der Waals surface area (Å²) >= 11 is 6.21. The largest absolute Gasteiger partial charge is 0.497 e. The number of piperazine rings is 1. The van der Waals surface area contributed by atoms with Gasteiger partial charge in [-0.25, -0.2) is 0 Å². The predicted molar refractivity (Wildman–Crippen MR) is 97.3 cm³/mol. The van der Waals surface area contributed by atoms with Gasteiger partial charge < -0.3 is 14.5 Å². The van der Waals surface area contributed by atoms with E-state index in [-0.39, 0.29) is 11.8 Å². The Morgan fingerprint density at radius 2 is 1.80 bits per heavy atom. The van der Waals surface area contributed by atoms with Crippen molar-refractivity contribution in [3.63, 3.8) is 0 Å². The number of carbonyl (C=O) groups is 2. The predicted octanol–water partition coefficient (Wildman–Crippen LogP) is 3.23. The number of anilines is 1. The highest BCUT2D eigenvalue weighted by Gasteiger charge is 2.35. The molecule has 1 heterocycles. The van der Waals surface area contributed by atoms with Crippen LogP contribution in [0.2, 0.25) is 5.02 Å². The third-order valence-electron chi connectivity index (χ3n) is 4.40. The molecule has 5 nitrogen and oxygen atoms in total. The first kappa shape index (κ1) is 17.3. The molecule has 0 radical (unpaired) electrons. The molecule has 3 rings (SSSR count). The molecule has 2 aromatic rings. The van der Waals surface area contributed by atoms with Gasteiger partial charge in [-0.1, -0.05) is 23.7 Å². The van der Waals surface area contributed by atoms with Gasteiger partial charge in [0.25, 0.3) is 5.91 Å². The number of rotatable bonds is 3. The fraction of sp³-hybridized carbons (Fsp3) is 0.263. The zero-order chi connectivity index (χ0) is 18.0. The topological polar surface area (TPSA) is 49.9 Å². The summed E-state index contributed by atoms with van der Waals surface area (Å²) in [4.78, 5) is 28.8. The molecule has 25 heavy (non-hydrogen) atoms. The molecule has 0 aliphatic carbocycles. The van der Waals surface area contributed by atoms with Crippen molar-refractivity contribution in [1.82, 2.24) is 4.90 Å². The number of para-hydroxylation sites is 1. The third kappa shape index (κ3) is 3.33. The Morgan fingerprint density at radius 1 is 1.12 bits per heavy atom. The summed E-state index contributed by atoms with van der Waals surface area (Å²) in [7, 11) is 1.57. The number of ether oxygens (including phenoxy) is 1. The lowest BCUT2D eigenvalue weighted by Crippen LogP contribution is -2.57. The summed E-state index contributed by atoms with van der Waals surface area (Å²) in [6.07, 6.45) is 0. The highest BCUT2D eigenvalue weighted by Crippen LogP contribution is 2.28. The third-order valence-corrected chi connectivity index (χ3v) is 4.72. The molecule has 1 aliphatic rings. The number of carbonyl (C=O) groups excluding carboxylic acids is 2. The summed E-state index contributed by atoms with van der Waals surface area (Å²) in [6.45, 7) is 2.60. The molecule has 0 bridgehead atoms. The maximum Gasteiger partial charge on any atom is 0.254 e. The standard InChI is InChI=1S/C19H19ClN2O3/c1-13-18(23)22(17-6-4-3-5-16(17)20)12-11-21(13)19(24)14-7-9-15(25-2)10-8-14/h3-10,13H,11-12H2,1-2H3. The molecule has 2 aromatic carbocycles. The normalized spacial score (nSPS) is 17.6. The fourth-order valence-corrected chi connectivity index (χ4v) is 3.19. The summed E-state index contributed by atoms with van der Waals surface area (Å²) < 4.78 is 5.11.